The maximum atomic E-state index is 13.3. The van der Waals surface area contributed by atoms with Crippen LogP contribution in [0.2, 0.25) is 0 Å². The van der Waals surface area contributed by atoms with Crippen LogP contribution in [0.1, 0.15) is 24.0 Å². The Balaban J connectivity index is 1.60. The molecule has 0 unspecified atom stereocenters. The average Bonchev–Trinajstić information content (AvgIpc) is 3.23. The molecule has 0 radical (unpaired) electrons. The van der Waals surface area contributed by atoms with Crippen molar-refractivity contribution in [1.82, 2.24) is 15.4 Å². The molecule has 1 aliphatic rings. The lowest BCUT2D eigenvalue weighted by Crippen LogP contribution is -2.42. The lowest BCUT2D eigenvalue weighted by Gasteiger charge is -2.17. The van der Waals surface area contributed by atoms with E-state index in [1.165, 1.54) is 18.2 Å². The molecule has 0 fully saturated rings. The lowest BCUT2D eigenvalue weighted by atomic mass is 10.2. The fourth-order valence-corrected chi connectivity index (χ4v) is 4.13. The molecule has 0 saturated heterocycles. The van der Waals surface area contributed by atoms with Crippen molar-refractivity contribution >= 4 is 16.0 Å². The van der Waals surface area contributed by atoms with Gasteiger partial charge in [-0.05, 0) is 48.2 Å². The minimum atomic E-state index is -3.71. The van der Waals surface area contributed by atoms with E-state index in [4.69, 9.17) is 0 Å². The minimum Gasteiger partial charge on any atom is -0.353 e. The van der Waals surface area contributed by atoms with Crippen LogP contribution in [0.5, 0.6) is 0 Å². The summed E-state index contributed by atoms with van der Waals surface area (Å²) in [5.74, 6) is 0.279. The molecule has 0 aromatic heterocycles. The second-order valence-electron chi connectivity index (χ2n) is 6.81. The number of halogens is 1. The topological polar surface area (TPSA) is 82.6 Å². The van der Waals surface area contributed by atoms with Gasteiger partial charge in [0.1, 0.15) is 5.82 Å². The molecule has 29 heavy (non-hydrogen) atoms. The Labute approximate surface area is 171 Å². The number of nitrogens with zero attached hydrogens (tertiary/aromatic N) is 1. The van der Waals surface area contributed by atoms with Gasteiger partial charge in [-0.15, -0.1) is 0 Å². The highest BCUT2D eigenvalue weighted by molar-refractivity contribution is 7.89. The van der Waals surface area contributed by atoms with Gasteiger partial charge in [0, 0.05) is 26.2 Å². The van der Waals surface area contributed by atoms with Gasteiger partial charge in [0.15, 0.2) is 5.96 Å². The van der Waals surface area contributed by atoms with Gasteiger partial charge < -0.3 is 10.6 Å². The third-order valence-corrected chi connectivity index (χ3v) is 6.00. The van der Waals surface area contributed by atoms with Crippen LogP contribution in [0.3, 0.4) is 0 Å². The molecular weight excluding hydrogens is 391 g/mol. The van der Waals surface area contributed by atoms with Crippen LogP contribution in [-0.2, 0) is 23.1 Å². The average molecular weight is 417 g/mol. The standard InChI is InChI=1S/C21H25FN4O2S/c1-23-21(26-19-9-2-3-10-19)24-14-17-7-5-11-20(13-17)29(27,28)25-15-16-6-4-8-18(22)12-16/h2-8,11-13,19,25H,9-10,14-15H2,1H3,(H2,23,24,26). The predicted molar refractivity (Wildman–Crippen MR) is 112 cm³/mol. The third-order valence-electron chi connectivity index (χ3n) is 4.60. The highest BCUT2D eigenvalue weighted by Gasteiger charge is 2.15. The third kappa shape index (κ3) is 6.13. The molecule has 6 nitrogen and oxygen atoms in total. The number of hydrogen-bond donors (Lipinski definition) is 3. The highest BCUT2D eigenvalue weighted by Crippen LogP contribution is 2.13. The Kier molecular flexibility index (Phi) is 7.00. The van der Waals surface area contributed by atoms with Gasteiger partial charge in [-0.3, -0.25) is 4.99 Å². The molecule has 0 atom stereocenters. The van der Waals surface area contributed by atoms with Gasteiger partial charge in [0.25, 0.3) is 0 Å². The molecule has 2 aromatic carbocycles. The summed E-state index contributed by atoms with van der Waals surface area (Å²) in [5, 5.41) is 6.55. The van der Waals surface area contributed by atoms with E-state index < -0.39 is 15.8 Å². The predicted octanol–water partition coefficient (Wildman–Crippen LogP) is 2.69. The molecule has 0 saturated carbocycles. The first-order chi connectivity index (χ1) is 14.0. The van der Waals surface area contributed by atoms with Crippen molar-refractivity contribution in [1.29, 1.82) is 0 Å². The maximum Gasteiger partial charge on any atom is 0.240 e. The summed E-state index contributed by atoms with van der Waals surface area (Å²) in [5.41, 5.74) is 1.37. The van der Waals surface area contributed by atoms with Crippen LogP contribution < -0.4 is 15.4 Å². The summed E-state index contributed by atoms with van der Waals surface area (Å²) in [6.45, 7) is 0.460. The van der Waals surface area contributed by atoms with Crippen LogP contribution in [0.25, 0.3) is 0 Å². The van der Waals surface area contributed by atoms with Crippen molar-refractivity contribution in [3.63, 3.8) is 0 Å². The summed E-state index contributed by atoms with van der Waals surface area (Å²) in [7, 11) is -2.01. The van der Waals surface area contributed by atoms with E-state index in [2.05, 4.69) is 32.5 Å². The van der Waals surface area contributed by atoms with Crippen LogP contribution in [0.15, 0.2) is 70.6 Å². The summed E-state index contributed by atoms with van der Waals surface area (Å²) in [6, 6.07) is 12.9. The van der Waals surface area contributed by atoms with Crippen molar-refractivity contribution in [3.05, 3.63) is 77.6 Å². The van der Waals surface area contributed by atoms with E-state index in [1.54, 1.807) is 31.3 Å². The molecule has 8 heteroatoms. The van der Waals surface area contributed by atoms with Crippen molar-refractivity contribution < 1.29 is 12.8 Å². The number of rotatable bonds is 7. The Bertz CT molecular complexity index is 997. The Morgan fingerprint density at radius 3 is 2.45 bits per heavy atom. The van der Waals surface area contributed by atoms with Gasteiger partial charge in [-0.2, -0.15) is 0 Å². The second-order valence-corrected chi connectivity index (χ2v) is 8.58. The smallest absolute Gasteiger partial charge is 0.240 e. The fourth-order valence-electron chi connectivity index (χ4n) is 3.04. The molecular formula is C21H25FN4O2S. The zero-order valence-electron chi connectivity index (χ0n) is 16.2. The first-order valence-corrected chi connectivity index (χ1v) is 10.9. The quantitative estimate of drug-likeness (QED) is 0.368. The molecule has 0 amide bonds. The van der Waals surface area contributed by atoms with Gasteiger partial charge in [-0.1, -0.05) is 36.4 Å². The molecule has 3 N–H and O–H groups in total. The Morgan fingerprint density at radius 2 is 1.76 bits per heavy atom. The maximum absolute atomic E-state index is 13.3. The van der Waals surface area contributed by atoms with Gasteiger partial charge in [-0.25, -0.2) is 17.5 Å². The lowest BCUT2D eigenvalue weighted by molar-refractivity contribution is 0.580. The normalized spacial score (nSPS) is 14.9. The zero-order chi connectivity index (χ0) is 20.7. The SMILES string of the molecule is CN=C(NCc1cccc(S(=O)(=O)NCc2cccc(F)c2)c1)NC1CC=CC1. The van der Waals surface area contributed by atoms with Crippen molar-refractivity contribution in [2.45, 2.75) is 36.9 Å². The summed E-state index contributed by atoms with van der Waals surface area (Å²) >= 11 is 0. The van der Waals surface area contributed by atoms with E-state index >= 15 is 0 Å². The van der Waals surface area contributed by atoms with Crippen LogP contribution >= 0.6 is 0 Å². The summed E-state index contributed by atoms with van der Waals surface area (Å²) < 4.78 is 41.0. The van der Waals surface area contributed by atoms with Crippen molar-refractivity contribution in [3.8, 4) is 0 Å². The van der Waals surface area contributed by atoms with E-state index in [-0.39, 0.29) is 11.4 Å². The molecule has 2 aromatic rings. The second kappa shape index (κ2) is 9.67. The number of guanidine groups is 1. The van der Waals surface area contributed by atoms with E-state index in [1.807, 2.05) is 6.07 Å². The van der Waals surface area contributed by atoms with Gasteiger partial charge in [0.05, 0.1) is 4.90 Å². The van der Waals surface area contributed by atoms with E-state index in [9.17, 15) is 12.8 Å². The van der Waals surface area contributed by atoms with Crippen molar-refractivity contribution in [2.75, 3.05) is 7.05 Å². The van der Waals surface area contributed by atoms with Gasteiger partial charge >= 0.3 is 0 Å². The molecule has 3 rings (SSSR count). The minimum absolute atomic E-state index is 0.0224. The fraction of sp³-hybridized carbons (Fsp3) is 0.286. The Hall–Kier alpha value is -2.71. The monoisotopic (exact) mass is 416 g/mol. The molecule has 0 spiro atoms. The zero-order valence-corrected chi connectivity index (χ0v) is 17.0. The molecule has 0 heterocycles. The van der Waals surface area contributed by atoms with Gasteiger partial charge in [0.2, 0.25) is 10.0 Å². The van der Waals surface area contributed by atoms with Crippen molar-refractivity contribution in [2.24, 2.45) is 4.99 Å². The summed E-state index contributed by atoms with van der Waals surface area (Å²) in [6.07, 6.45) is 6.20. The molecule has 154 valence electrons. The largest absolute Gasteiger partial charge is 0.353 e. The Morgan fingerprint density at radius 1 is 1.07 bits per heavy atom. The first-order valence-electron chi connectivity index (χ1n) is 9.41. The number of nitrogens with one attached hydrogen (secondary N) is 3. The summed E-state index contributed by atoms with van der Waals surface area (Å²) in [4.78, 5) is 4.38. The first kappa shape index (κ1) is 21.0. The molecule has 0 aliphatic heterocycles. The van der Waals surface area contributed by atoms with E-state index in [0.29, 0.717) is 24.1 Å². The van der Waals surface area contributed by atoms with Crippen LogP contribution in [-0.4, -0.2) is 27.5 Å². The number of benzene rings is 2. The molecule has 0 bridgehead atoms. The van der Waals surface area contributed by atoms with Crippen LogP contribution in [0, 0.1) is 5.82 Å². The number of aliphatic imine (C=N–C) groups is 1. The highest BCUT2D eigenvalue weighted by atomic mass is 32.2. The van der Waals surface area contributed by atoms with E-state index in [0.717, 1.165) is 18.4 Å². The number of hydrogen-bond acceptors (Lipinski definition) is 3. The molecule has 1 aliphatic carbocycles. The van der Waals surface area contributed by atoms with Crippen LogP contribution in [0.4, 0.5) is 4.39 Å². The number of sulfonamides is 1.